The second-order valence-electron chi connectivity index (χ2n) is 14.6. The van der Waals surface area contributed by atoms with Gasteiger partial charge in [-0.15, -0.1) is 0 Å². The number of rotatable bonds is 32. The molecule has 0 N–H and O–H groups in total. The number of hydrogen-bond donors (Lipinski definition) is 0. The Morgan fingerprint density at radius 1 is 0.444 bits per heavy atom. The summed E-state index contributed by atoms with van der Waals surface area (Å²) in [6.07, 6.45) is 32.3. The first-order chi connectivity index (χ1) is 21.8. The molecule has 1 rings (SSSR count). The zero-order valence-electron chi connectivity index (χ0n) is 31.3. The lowest BCUT2D eigenvalue weighted by Crippen LogP contribution is -2.49. The molecule has 0 radical (unpaired) electrons. The van der Waals surface area contributed by atoms with E-state index in [0.29, 0.717) is 0 Å². The van der Waals surface area contributed by atoms with Crippen molar-refractivity contribution < 1.29 is 0 Å². The highest BCUT2D eigenvalue weighted by Crippen LogP contribution is 2.30. The molecule has 1 saturated heterocycles. The molecule has 0 aromatic heterocycles. The fraction of sp³-hybridized carbons (Fsp3) is 0.949. The quantitative estimate of drug-likeness (QED) is 0.0520. The van der Waals surface area contributed by atoms with E-state index in [1.54, 1.807) is 0 Å². The van der Waals surface area contributed by atoms with Crippen molar-refractivity contribution in [3.63, 3.8) is 0 Å². The van der Waals surface area contributed by atoms with E-state index in [0.717, 1.165) is 36.5 Å². The van der Waals surface area contributed by atoms with E-state index >= 15 is 0 Å². The van der Waals surface area contributed by atoms with Crippen LogP contribution in [-0.4, -0.2) is 74.8 Å². The Labute approximate surface area is 293 Å². The number of nitrogens with zero attached hydrogens (tertiary/aromatic N) is 4. The van der Waals surface area contributed by atoms with Crippen LogP contribution in [-0.2, 0) is 0 Å². The Kier molecular flexibility index (Phi) is 26.2. The first-order valence-corrected chi connectivity index (χ1v) is 20.7. The molecule has 4 nitrogen and oxygen atoms in total. The molecule has 0 atom stereocenters. The Balaban J connectivity index is 2.85. The maximum Gasteiger partial charge on any atom is 0.179 e. The summed E-state index contributed by atoms with van der Waals surface area (Å²) in [5, 5.41) is 0.955. The summed E-state index contributed by atoms with van der Waals surface area (Å²) in [6, 6.07) is 0. The SMILES string of the molecule is CCCCCCCCN(CCCCCCCC)CN1C(=S)N(CN(CCCCCCCC)CCCCCCCC)C(C)(C)C1=S. The van der Waals surface area contributed by atoms with E-state index in [9.17, 15) is 0 Å². The van der Waals surface area contributed by atoms with Gasteiger partial charge in [0.25, 0.3) is 0 Å². The minimum absolute atomic E-state index is 0.223. The van der Waals surface area contributed by atoms with Gasteiger partial charge in [-0.05, 0) is 77.9 Å². The van der Waals surface area contributed by atoms with Crippen LogP contribution in [0.15, 0.2) is 0 Å². The van der Waals surface area contributed by atoms with Crippen molar-refractivity contribution in [3.05, 3.63) is 0 Å². The van der Waals surface area contributed by atoms with Crippen LogP contribution in [0, 0.1) is 0 Å². The molecule has 0 saturated carbocycles. The predicted octanol–water partition coefficient (Wildman–Crippen LogP) is 12.0. The van der Waals surface area contributed by atoms with E-state index in [1.807, 2.05) is 0 Å². The molecule has 1 heterocycles. The number of unbranched alkanes of at least 4 members (excludes halogenated alkanes) is 20. The van der Waals surface area contributed by atoms with Gasteiger partial charge in [-0.1, -0.05) is 168 Å². The van der Waals surface area contributed by atoms with Crippen LogP contribution in [0.1, 0.15) is 196 Å². The first-order valence-electron chi connectivity index (χ1n) is 19.9. The molecule has 1 aliphatic rings. The van der Waals surface area contributed by atoms with Crippen LogP contribution in [0.25, 0.3) is 0 Å². The van der Waals surface area contributed by atoms with Gasteiger partial charge in [0, 0.05) is 0 Å². The Hall–Kier alpha value is -0.300. The van der Waals surface area contributed by atoms with Gasteiger partial charge in [0.2, 0.25) is 0 Å². The topological polar surface area (TPSA) is 13.0 Å². The summed E-state index contributed by atoms with van der Waals surface area (Å²) in [5.74, 6) is 0. The average molecular weight is 667 g/mol. The van der Waals surface area contributed by atoms with E-state index < -0.39 is 0 Å². The Morgan fingerprint density at radius 3 is 1.07 bits per heavy atom. The molecule has 0 aromatic rings. The zero-order chi connectivity index (χ0) is 33.2. The third-order valence-corrected chi connectivity index (χ3v) is 11.1. The second kappa shape index (κ2) is 27.6. The highest BCUT2D eigenvalue weighted by molar-refractivity contribution is 7.82. The van der Waals surface area contributed by atoms with Crippen LogP contribution in [0.3, 0.4) is 0 Å². The van der Waals surface area contributed by atoms with Crippen molar-refractivity contribution in [2.75, 3.05) is 39.5 Å². The minimum Gasteiger partial charge on any atom is -0.324 e. The van der Waals surface area contributed by atoms with Crippen LogP contribution in [0.4, 0.5) is 0 Å². The summed E-state index contributed by atoms with van der Waals surface area (Å²) in [7, 11) is 0. The van der Waals surface area contributed by atoms with Crippen molar-refractivity contribution in [2.24, 2.45) is 0 Å². The lowest BCUT2D eigenvalue weighted by atomic mass is 10.1. The zero-order valence-corrected chi connectivity index (χ0v) is 33.0. The Morgan fingerprint density at radius 2 is 0.733 bits per heavy atom. The maximum absolute atomic E-state index is 6.27. The molecule has 0 spiro atoms. The highest BCUT2D eigenvalue weighted by Gasteiger charge is 2.46. The number of hydrogen-bond acceptors (Lipinski definition) is 4. The summed E-state index contributed by atoms with van der Waals surface area (Å²) in [5.41, 5.74) is -0.223. The molecule has 0 bridgehead atoms. The molecule has 0 amide bonds. The van der Waals surface area contributed by atoms with Crippen LogP contribution < -0.4 is 0 Å². The van der Waals surface area contributed by atoms with Crippen molar-refractivity contribution in [3.8, 4) is 0 Å². The van der Waals surface area contributed by atoms with E-state index in [1.165, 1.54) is 167 Å². The molecule has 45 heavy (non-hydrogen) atoms. The van der Waals surface area contributed by atoms with Gasteiger partial charge in [-0.2, -0.15) is 0 Å². The summed E-state index contributed by atoms with van der Waals surface area (Å²) in [6.45, 7) is 20.3. The van der Waals surface area contributed by atoms with Gasteiger partial charge in [-0.3, -0.25) is 14.7 Å². The van der Waals surface area contributed by atoms with Gasteiger partial charge >= 0.3 is 0 Å². The van der Waals surface area contributed by atoms with Gasteiger partial charge in [-0.25, -0.2) is 0 Å². The van der Waals surface area contributed by atoms with Crippen LogP contribution in [0.2, 0.25) is 0 Å². The van der Waals surface area contributed by atoms with E-state index in [2.05, 4.69) is 61.1 Å². The van der Waals surface area contributed by atoms with Crippen LogP contribution in [0.5, 0.6) is 0 Å². The monoisotopic (exact) mass is 667 g/mol. The lowest BCUT2D eigenvalue weighted by Gasteiger charge is -2.36. The molecular weight excluding hydrogens is 589 g/mol. The van der Waals surface area contributed by atoms with Gasteiger partial charge < -0.3 is 4.90 Å². The van der Waals surface area contributed by atoms with E-state index in [4.69, 9.17) is 24.4 Å². The normalized spacial score (nSPS) is 15.0. The highest BCUT2D eigenvalue weighted by atomic mass is 32.1. The van der Waals surface area contributed by atoms with Gasteiger partial charge in [0.1, 0.15) is 4.99 Å². The molecular formula is C39H78N4S2. The third-order valence-electron chi connectivity index (χ3n) is 9.90. The standard InChI is InChI=1S/C39H78N4S2/c1-7-11-15-19-23-27-31-40(32-28-24-20-16-12-8-2)35-42-37(44)39(5,6)43(38(42)45)36-41(33-29-25-21-17-13-9-3)34-30-26-22-18-14-10-4/h7-36H2,1-6H3. The molecule has 1 fully saturated rings. The Bertz CT molecular complexity index is 696. The maximum atomic E-state index is 6.27. The fourth-order valence-corrected chi connectivity index (χ4v) is 7.40. The summed E-state index contributed by atoms with van der Waals surface area (Å²) >= 11 is 12.5. The minimum atomic E-state index is -0.223. The summed E-state index contributed by atoms with van der Waals surface area (Å²) in [4.78, 5) is 11.2. The average Bonchev–Trinajstić information content (AvgIpc) is 3.18. The summed E-state index contributed by atoms with van der Waals surface area (Å²) < 4.78 is 0. The smallest absolute Gasteiger partial charge is 0.179 e. The molecule has 1 aliphatic heterocycles. The molecule has 266 valence electrons. The van der Waals surface area contributed by atoms with Crippen molar-refractivity contribution in [2.45, 2.75) is 201 Å². The van der Waals surface area contributed by atoms with E-state index in [-0.39, 0.29) is 5.54 Å². The van der Waals surface area contributed by atoms with Gasteiger partial charge in [0.05, 0.1) is 18.9 Å². The largest absolute Gasteiger partial charge is 0.324 e. The van der Waals surface area contributed by atoms with Crippen molar-refractivity contribution >= 4 is 34.5 Å². The van der Waals surface area contributed by atoms with Crippen molar-refractivity contribution in [1.82, 2.24) is 19.6 Å². The lowest BCUT2D eigenvalue weighted by molar-refractivity contribution is 0.146. The molecule has 0 aliphatic carbocycles. The van der Waals surface area contributed by atoms with Gasteiger partial charge in [0.15, 0.2) is 5.11 Å². The number of thiocarbonyl (C=S) groups is 2. The molecule has 0 unspecified atom stereocenters. The van der Waals surface area contributed by atoms with Crippen molar-refractivity contribution in [1.29, 1.82) is 0 Å². The van der Waals surface area contributed by atoms with Crippen LogP contribution >= 0.6 is 24.4 Å². The second-order valence-corrected chi connectivity index (χ2v) is 15.3. The predicted molar refractivity (Wildman–Crippen MR) is 209 cm³/mol. The fourth-order valence-electron chi connectivity index (χ4n) is 6.65. The molecule has 0 aromatic carbocycles. The first kappa shape index (κ1) is 42.7. The third kappa shape index (κ3) is 18.7. The molecule has 6 heteroatoms.